The van der Waals surface area contributed by atoms with Crippen LogP contribution in [0.1, 0.15) is 23.2 Å². The van der Waals surface area contributed by atoms with E-state index in [2.05, 4.69) is 0 Å². The zero-order chi connectivity index (χ0) is 19.7. The molecule has 0 aliphatic carbocycles. The Kier molecular flexibility index (Phi) is 5.15. The summed E-state index contributed by atoms with van der Waals surface area (Å²) in [7, 11) is 1.42. The molecule has 0 saturated heterocycles. The van der Waals surface area contributed by atoms with E-state index in [0.29, 0.717) is 25.1 Å². The molecule has 1 aromatic heterocycles. The second-order valence-corrected chi connectivity index (χ2v) is 6.72. The molecule has 2 aromatic rings. The van der Waals surface area contributed by atoms with Crippen LogP contribution < -0.4 is 11.2 Å². The molecule has 0 spiro atoms. The van der Waals surface area contributed by atoms with Crippen molar-refractivity contribution in [2.45, 2.75) is 32.5 Å². The first-order valence-corrected chi connectivity index (χ1v) is 8.66. The Morgan fingerprint density at radius 3 is 2.81 bits per heavy atom. The summed E-state index contributed by atoms with van der Waals surface area (Å²) in [5.41, 5.74) is -0.938. The summed E-state index contributed by atoms with van der Waals surface area (Å²) in [4.78, 5) is 38.7. The van der Waals surface area contributed by atoms with Crippen molar-refractivity contribution in [3.8, 4) is 6.07 Å². The van der Waals surface area contributed by atoms with Crippen molar-refractivity contribution in [3.63, 3.8) is 0 Å². The van der Waals surface area contributed by atoms with E-state index in [1.807, 2.05) is 6.07 Å². The lowest BCUT2D eigenvalue weighted by atomic mass is 10.2. The third-order valence-electron chi connectivity index (χ3n) is 4.62. The summed E-state index contributed by atoms with van der Waals surface area (Å²) in [6.07, 6.45) is 1.14. The molecule has 1 amide bonds. The first-order valence-electron chi connectivity index (χ1n) is 8.28. The number of hydrogen-bond donors (Lipinski definition) is 0. The van der Waals surface area contributed by atoms with Crippen LogP contribution in [-0.2, 0) is 30.8 Å². The fourth-order valence-electron chi connectivity index (χ4n) is 3.15. The van der Waals surface area contributed by atoms with Crippen molar-refractivity contribution in [2.24, 2.45) is 0 Å². The van der Waals surface area contributed by atoms with Gasteiger partial charge in [0.15, 0.2) is 0 Å². The average Bonchev–Trinajstić information content (AvgIpc) is 3.11. The number of carbonyl (C=O) groups is 1. The maximum absolute atomic E-state index is 13.9. The minimum Gasteiger partial charge on any atom is -0.340 e. The summed E-state index contributed by atoms with van der Waals surface area (Å²) >= 11 is 5.97. The van der Waals surface area contributed by atoms with Crippen LogP contribution in [0.2, 0.25) is 5.02 Å². The van der Waals surface area contributed by atoms with E-state index >= 15 is 0 Å². The van der Waals surface area contributed by atoms with Gasteiger partial charge in [0.2, 0.25) is 5.91 Å². The third kappa shape index (κ3) is 3.38. The largest absolute Gasteiger partial charge is 0.340 e. The van der Waals surface area contributed by atoms with Crippen molar-refractivity contribution in [2.75, 3.05) is 7.05 Å². The SMILES string of the molecule is CN(Cc1c(F)cccc1Cl)C(=O)Cn1c(=O)c(C#N)c2n(c1=O)CCC2. The Morgan fingerprint density at radius 2 is 2.15 bits per heavy atom. The standard InChI is InChI=1S/C18H16ClFN4O3/c1-22(9-12-13(19)4-2-5-14(12)20)16(25)10-24-17(26)11(8-21)15-6-3-7-23(15)18(24)27/h2,4-5H,3,6-7,9-10H2,1H3. The third-order valence-corrected chi connectivity index (χ3v) is 4.97. The van der Waals surface area contributed by atoms with E-state index in [1.54, 1.807) is 0 Å². The summed E-state index contributed by atoms with van der Waals surface area (Å²) in [6, 6.07) is 6.03. The number of fused-ring (bicyclic) bond motifs is 1. The molecular formula is C18H16ClFN4O3. The molecule has 0 bridgehead atoms. The molecular weight excluding hydrogens is 375 g/mol. The Hall–Kier alpha value is -2.92. The first kappa shape index (κ1) is 18.9. The van der Waals surface area contributed by atoms with Crippen LogP contribution in [0.25, 0.3) is 0 Å². The monoisotopic (exact) mass is 390 g/mol. The second-order valence-electron chi connectivity index (χ2n) is 6.31. The van der Waals surface area contributed by atoms with Crippen LogP contribution in [0.5, 0.6) is 0 Å². The van der Waals surface area contributed by atoms with Crippen LogP contribution >= 0.6 is 11.6 Å². The van der Waals surface area contributed by atoms with Crippen molar-refractivity contribution < 1.29 is 9.18 Å². The molecule has 0 atom stereocenters. The van der Waals surface area contributed by atoms with Crippen LogP contribution in [0.3, 0.4) is 0 Å². The first-order chi connectivity index (χ1) is 12.8. The lowest BCUT2D eigenvalue weighted by Gasteiger charge is -2.19. The van der Waals surface area contributed by atoms with Crippen LogP contribution in [0.4, 0.5) is 4.39 Å². The maximum atomic E-state index is 13.9. The van der Waals surface area contributed by atoms with Gasteiger partial charge in [-0.15, -0.1) is 0 Å². The van der Waals surface area contributed by atoms with Gasteiger partial charge >= 0.3 is 5.69 Å². The van der Waals surface area contributed by atoms with E-state index in [9.17, 15) is 24.0 Å². The normalized spacial score (nSPS) is 12.5. The van der Waals surface area contributed by atoms with E-state index in [4.69, 9.17) is 11.6 Å². The van der Waals surface area contributed by atoms with Crippen molar-refractivity contribution in [1.29, 1.82) is 5.26 Å². The number of amides is 1. The molecule has 2 heterocycles. The second kappa shape index (κ2) is 7.37. The molecule has 7 nitrogen and oxygen atoms in total. The topological polar surface area (TPSA) is 88.1 Å². The molecule has 1 aromatic carbocycles. The predicted molar refractivity (Wildman–Crippen MR) is 95.9 cm³/mol. The van der Waals surface area contributed by atoms with Crippen LogP contribution in [0, 0.1) is 17.1 Å². The molecule has 0 N–H and O–H groups in total. The maximum Gasteiger partial charge on any atom is 0.331 e. The molecule has 1 aliphatic heterocycles. The van der Waals surface area contributed by atoms with Gasteiger partial charge in [0.05, 0.1) is 0 Å². The van der Waals surface area contributed by atoms with Gasteiger partial charge in [0, 0.05) is 36.4 Å². The van der Waals surface area contributed by atoms with Gasteiger partial charge in [0.1, 0.15) is 24.0 Å². The highest BCUT2D eigenvalue weighted by Crippen LogP contribution is 2.20. The van der Waals surface area contributed by atoms with Crippen molar-refractivity contribution in [3.05, 3.63) is 66.7 Å². The predicted octanol–water partition coefficient (Wildman–Crippen LogP) is 1.28. The van der Waals surface area contributed by atoms with Gasteiger partial charge in [-0.1, -0.05) is 17.7 Å². The number of nitrogens with zero attached hydrogens (tertiary/aromatic N) is 4. The van der Waals surface area contributed by atoms with Gasteiger partial charge in [-0.3, -0.25) is 14.2 Å². The zero-order valence-corrected chi connectivity index (χ0v) is 15.3. The highest BCUT2D eigenvalue weighted by atomic mass is 35.5. The van der Waals surface area contributed by atoms with E-state index < -0.39 is 29.5 Å². The fourth-order valence-corrected chi connectivity index (χ4v) is 3.38. The quantitative estimate of drug-likeness (QED) is 0.786. The number of likely N-dealkylation sites (N-methyl/N-ethyl adjacent to an activating group) is 1. The lowest BCUT2D eigenvalue weighted by molar-refractivity contribution is -0.131. The number of hydrogen-bond acceptors (Lipinski definition) is 4. The van der Waals surface area contributed by atoms with E-state index in [-0.39, 0.29) is 22.7 Å². The minimum absolute atomic E-state index is 0.111. The number of carbonyl (C=O) groups excluding carboxylic acids is 1. The zero-order valence-electron chi connectivity index (χ0n) is 14.5. The van der Waals surface area contributed by atoms with Crippen LogP contribution in [0.15, 0.2) is 27.8 Å². The Morgan fingerprint density at radius 1 is 1.41 bits per heavy atom. The van der Waals surface area contributed by atoms with Gasteiger partial charge in [0.25, 0.3) is 5.56 Å². The number of aromatic nitrogens is 2. The highest BCUT2D eigenvalue weighted by molar-refractivity contribution is 6.31. The van der Waals surface area contributed by atoms with Gasteiger partial charge in [-0.2, -0.15) is 5.26 Å². The summed E-state index contributed by atoms with van der Waals surface area (Å²) in [6.45, 7) is -0.246. The highest BCUT2D eigenvalue weighted by Gasteiger charge is 2.24. The Labute approximate surface area is 158 Å². The van der Waals surface area contributed by atoms with Crippen molar-refractivity contribution >= 4 is 17.5 Å². The molecule has 27 heavy (non-hydrogen) atoms. The molecule has 3 rings (SSSR count). The van der Waals surface area contributed by atoms with E-state index in [1.165, 1.54) is 34.7 Å². The molecule has 140 valence electrons. The number of halogens is 2. The van der Waals surface area contributed by atoms with Gasteiger partial charge in [-0.25, -0.2) is 13.8 Å². The van der Waals surface area contributed by atoms with Crippen molar-refractivity contribution in [1.82, 2.24) is 14.0 Å². The Bertz CT molecular complexity index is 1060. The molecule has 1 aliphatic rings. The average molecular weight is 391 g/mol. The summed E-state index contributed by atoms with van der Waals surface area (Å²) in [5.74, 6) is -1.13. The molecule has 9 heteroatoms. The molecule has 0 saturated carbocycles. The molecule has 0 unspecified atom stereocenters. The number of benzene rings is 1. The summed E-state index contributed by atoms with van der Waals surface area (Å²) in [5, 5.41) is 9.44. The van der Waals surface area contributed by atoms with E-state index in [0.717, 1.165) is 4.57 Å². The van der Waals surface area contributed by atoms with Gasteiger partial charge < -0.3 is 4.90 Å². The van der Waals surface area contributed by atoms with Crippen LogP contribution in [-0.4, -0.2) is 27.0 Å². The molecule has 0 fully saturated rings. The summed E-state index contributed by atoms with van der Waals surface area (Å²) < 4.78 is 16.0. The fraction of sp³-hybridized carbons (Fsp3) is 0.333. The Balaban J connectivity index is 1.90. The van der Waals surface area contributed by atoms with Gasteiger partial charge in [-0.05, 0) is 25.0 Å². The molecule has 0 radical (unpaired) electrons. The number of rotatable bonds is 4. The minimum atomic E-state index is -0.777. The lowest BCUT2D eigenvalue weighted by Crippen LogP contribution is -2.45. The number of nitriles is 1. The smallest absolute Gasteiger partial charge is 0.331 e.